The molecular weight excluding hydrogens is 238 g/mol. The molecule has 15 heavy (non-hydrogen) atoms. The maximum absolute atomic E-state index is 11.3. The van der Waals surface area contributed by atoms with Gasteiger partial charge in [0.15, 0.2) is 5.03 Å². The van der Waals surface area contributed by atoms with Gasteiger partial charge in [-0.15, -0.1) is 0 Å². The van der Waals surface area contributed by atoms with Crippen LogP contribution in [0.4, 0.5) is 0 Å². The van der Waals surface area contributed by atoms with Gasteiger partial charge in [0.25, 0.3) is 10.0 Å². The molecule has 0 unspecified atom stereocenters. The van der Waals surface area contributed by atoms with Crippen LogP contribution in [-0.2, 0) is 10.0 Å². The molecule has 0 aromatic carbocycles. The summed E-state index contributed by atoms with van der Waals surface area (Å²) >= 11 is 5.77. The smallest absolute Gasteiger partial charge is 0.249 e. The van der Waals surface area contributed by atoms with Crippen LogP contribution in [0.25, 0.3) is 0 Å². The molecule has 7 heteroatoms. The molecule has 0 aliphatic heterocycles. The van der Waals surface area contributed by atoms with Crippen LogP contribution in [0.2, 0.25) is 5.02 Å². The van der Waals surface area contributed by atoms with Gasteiger partial charge in [-0.3, -0.25) is 0 Å². The first-order chi connectivity index (χ1) is 7.00. The molecule has 0 spiro atoms. The molecule has 1 aliphatic rings. The SMILES string of the molecule is NS(=O)(=O)c1c(Cl)cnn1C1CCCC1. The predicted molar refractivity (Wildman–Crippen MR) is 56.1 cm³/mol. The fraction of sp³-hybridized carbons (Fsp3) is 0.625. The van der Waals surface area contributed by atoms with Crippen LogP contribution in [-0.4, -0.2) is 18.2 Å². The maximum atomic E-state index is 11.3. The summed E-state index contributed by atoms with van der Waals surface area (Å²) in [5, 5.41) is 9.13. The summed E-state index contributed by atoms with van der Waals surface area (Å²) in [6.45, 7) is 0. The number of hydrogen-bond acceptors (Lipinski definition) is 3. The minimum atomic E-state index is -3.79. The Bertz CT molecular complexity index is 462. The molecule has 0 atom stereocenters. The van der Waals surface area contributed by atoms with Crippen LogP contribution >= 0.6 is 11.6 Å². The van der Waals surface area contributed by atoms with Crippen LogP contribution in [0.5, 0.6) is 0 Å². The zero-order chi connectivity index (χ0) is 11.1. The molecule has 0 radical (unpaired) electrons. The Kier molecular flexibility index (Phi) is 2.74. The molecule has 1 fully saturated rings. The highest BCUT2D eigenvalue weighted by molar-refractivity contribution is 7.89. The standard InChI is InChI=1S/C8H12ClN3O2S/c9-7-5-11-12(6-3-1-2-4-6)8(7)15(10,13)14/h5-6H,1-4H2,(H2,10,13,14). The molecule has 1 aliphatic carbocycles. The molecule has 2 N–H and O–H groups in total. The predicted octanol–water partition coefficient (Wildman–Crippen LogP) is 1.30. The van der Waals surface area contributed by atoms with E-state index in [0.717, 1.165) is 25.7 Å². The number of hydrogen-bond donors (Lipinski definition) is 1. The third-order valence-corrected chi connectivity index (χ3v) is 3.98. The zero-order valence-electron chi connectivity index (χ0n) is 8.06. The lowest BCUT2D eigenvalue weighted by Gasteiger charge is -2.12. The molecule has 1 aromatic heterocycles. The van der Waals surface area contributed by atoms with Crippen LogP contribution in [0.15, 0.2) is 11.2 Å². The number of aromatic nitrogens is 2. The molecular formula is C8H12ClN3O2S. The van der Waals surface area contributed by atoms with E-state index in [1.807, 2.05) is 0 Å². The summed E-state index contributed by atoms with van der Waals surface area (Å²) in [6.07, 6.45) is 5.37. The number of primary sulfonamides is 1. The molecule has 1 aromatic rings. The van der Waals surface area contributed by atoms with Crippen molar-refractivity contribution in [2.24, 2.45) is 5.14 Å². The van der Waals surface area contributed by atoms with Crippen LogP contribution in [0.1, 0.15) is 31.7 Å². The highest BCUT2D eigenvalue weighted by atomic mass is 35.5. The number of rotatable bonds is 2. The Balaban J connectivity index is 2.48. The van der Waals surface area contributed by atoms with Crippen molar-refractivity contribution in [3.63, 3.8) is 0 Å². The molecule has 2 rings (SSSR count). The Morgan fingerprint density at radius 3 is 2.60 bits per heavy atom. The van der Waals surface area contributed by atoms with E-state index in [9.17, 15) is 8.42 Å². The molecule has 0 saturated heterocycles. The Hall–Kier alpha value is -0.590. The topological polar surface area (TPSA) is 78.0 Å². The lowest BCUT2D eigenvalue weighted by atomic mass is 10.3. The van der Waals surface area contributed by atoms with Gasteiger partial charge in [0.2, 0.25) is 0 Å². The van der Waals surface area contributed by atoms with E-state index in [0.29, 0.717) is 0 Å². The van der Waals surface area contributed by atoms with E-state index in [2.05, 4.69) is 5.10 Å². The van der Waals surface area contributed by atoms with Crippen molar-refractivity contribution in [2.45, 2.75) is 36.8 Å². The van der Waals surface area contributed by atoms with Crippen LogP contribution in [0, 0.1) is 0 Å². The van der Waals surface area contributed by atoms with Gasteiger partial charge in [0.1, 0.15) is 0 Å². The summed E-state index contributed by atoms with van der Waals surface area (Å²) in [4.78, 5) is 0. The summed E-state index contributed by atoms with van der Waals surface area (Å²) in [5.74, 6) is 0. The Morgan fingerprint density at radius 1 is 1.47 bits per heavy atom. The molecule has 0 amide bonds. The second-order valence-corrected chi connectivity index (χ2v) is 5.61. The van der Waals surface area contributed by atoms with E-state index in [4.69, 9.17) is 16.7 Å². The van der Waals surface area contributed by atoms with Crippen molar-refractivity contribution in [3.05, 3.63) is 11.2 Å². The van der Waals surface area contributed by atoms with Crippen molar-refractivity contribution >= 4 is 21.6 Å². The van der Waals surface area contributed by atoms with Gasteiger partial charge in [-0.1, -0.05) is 24.4 Å². The molecule has 0 bridgehead atoms. The minimum Gasteiger partial charge on any atom is -0.249 e. The van der Waals surface area contributed by atoms with Gasteiger partial charge in [0.05, 0.1) is 17.3 Å². The first-order valence-electron chi connectivity index (χ1n) is 4.76. The second kappa shape index (κ2) is 3.77. The molecule has 1 heterocycles. The van der Waals surface area contributed by atoms with Gasteiger partial charge < -0.3 is 0 Å². The van der Waals surface area contributed by atoms with Gasteiger partial charge >= 0.3 is 0 Å². The van der Waals surface area contributed by atoms with E-state index < -0.39 is 10.0 Å². The number of halogens is 1. The summed E-state index contributed by atoms with van der Waals surface area (Å²) < 4.78 is 24.1. The Morgan fingerprint density at radius 2 is 2.07 bits per heavy atom. The third kappa shape index (κ3) is 2.02. The van der Waals surface area contributed by atoms with E-state index in [1.54, 1.807) is 0 Å². The average Bonchev–Trinajstić information content (AvgIpc) is 2.68. The lowest BCUT2D eigenvalue weighted by molar-refractivity contribution is 0.427. The highest BCUT2D eigenvalue weighted by Crippen LogP contribution is 2.32. The number of nitrogens with two attached hydrogens (primary N) is 1. The molecule has 1 saturated carbocycles. The van der Waals surface area contributed by atoms with E-state index in [-0.39, 0.29) is 16.1 Å². The normalized spacial score (nSPS) is 18.5. The fourth-order valence-electron chi connectivity index (χ4n) is 2.01. The highest BCUT2D eigenvalue weighted by Gasteiger charge is 2.26. The van der Waals surface area contributed by atoms with Crippen molar-refractivity contribution in [1.82, 2.24) is 9.78 Å². The van der Waals surface area contributed by atoms with Gasteiger partial charge in [-0.25, -0.2) is 18.2 Å². The van der Waals surface area contributed by atoms with Crippen LogP contribution < -0.4 is 5.14 Å². The first kappa shape index (κ1) is 10.9. The van der Waals surface area contributed by atoms with Crippen LogP contribution in [0.3, 0.4) is 0 Å². The number of sulfonamides is 1. The summed E-state index contributed by atoms with van der Waals surface area (Å²) in [6, 6.07) is 0.117. The largest absolute Gasteiger partial charge is 0.256 e. The van der Waals surface area contributed by atoms with Gasteiger partial charge in [-0.2, -0.15) is 5.10 Å². The minimum absolute atomic E-state index is 0.0592. The van der Waals surface area contributed by atoms with Gasteiger partial charge in [-0.05, 0) is 12.8 Å². The van der Waals surface area contributed by atoms with Crippen molar-refractivity contribution in [3.8, 4) is 0 Å². The van der Waals surface area contributed by atoms with E-state index in [1.165, 1.54) is 10.9 Å². The first-order valence-corrected chi connectivity index (χ1v) is 6.68. The van der Waals surface area contributed by atoms with E-state index >= 15 is 0 Å². The number of nitrogens with zero attached hydrogens (tertiary/aromatic N) is 2. The monoisotopic (exact) mass is 249 g/mol. The van der Waals surface area contributed by atoms with Gasteiger partial charge in [0, 0.05) is 0 Å². The molecule has 5 nitrogen and oxygen atoms in total. The lowest BCUT2D eigenvalue weighted by Crippen LogP contribution is -2.20. The zero-order valence-corrected chi connectivity index (χ0v) is 9.63. The fourth-order valence-corrected chi connectivity index (χ4v) is 3.24. The summed E-state index contributed by atoms with van der Waals surface area (Å²) in [7, 11) is -3.79. The molecule has 84 valence electrons. The second-order valence-electron chi connectivity index (χ2n) is 3.73. The third-order valence-electron chi connectivity index (χ3n) is 2.65. The summed E-state index contributed by atoms with van der Waals surface area (Å²) in [5.41, 5.74) is 0. The Labute approximate surface area is 93.3 Å². The average molecular weight is 250 g/mol. The quantitative estimate of drug-likeness (QED) is 0.858. The van der Waals surface area contributed by atoms with Crippen molar-refractivity contribution < 1.29 is 8.42 Å². The van der Waals surface area contributed by atoms with Crippen molar-refractivity contribution in [1.29, 1.82) is 0 Å². The van der Waals surface area contributed by atoms with Crippen molar-refractivity contribution in [2.75, 3.05) is 0 Å². The maximum Gasteiger partial charge on any atom is 0.256 e.